The molecule has 178 valence electrons. The molecule has 9 heteroatoms. The third-order valence-electron chi connectivity index (χ3n) is 6.09. The molecule has 2 aromatic carbocycles. The second-order valence-corrected chi connectivity index (χ2v) is 8.08. The standard InChI is InChI=1S/C25H26N2O7/c1-4-5-12-34-25(31)21-20(27-22(28)17-8-6-7-9-18(17)23(27)29)24(30)26(21)14-15-10-11-16(32-2)13-19(15)33-3/h6-11,13,20-21H,4-5,12,14H2,1-3H3. The monoisotopic (exact) mass is 466 g/mol. The van der Waals surface area contributed by atoms with E-state index in [2.05, 4.69) is 0 Å². The van der Waals surface area contributed by atoms with Gasteiger partial charge in [-0.2, -0.15) is 0 Å². The van der Waals surface area contributed by atoms with Crippen LogP contribution in [0.5, 0.6) is 11.5 Å². The maximum absolute atomic E-state index is 13.3. The van der Waals surface area contributed by atoms with Crippen molar-refractivity contribution in [3.8, 4) is 11.5 Å². The Morgan fingerprint density at radius 3 is 2.24 bits per heavy atom. The number of carbonyl (C=O) groups excluding carboxylic acids is 4. The van der Waals surface area contributed by atoms with Gasteiger partial charge >= 0.3 is 5.97 Å². The molecular weight excluding hydrogens is 440 g/mol. The summed E-state index contributed by atoms with van der Waals surface area (Å²) >= 11 is 0. The molecule has 1 fully saturated rings. The Bertz CT molecular complexity index is 1110. The summed E-state index contributed by atoms with van der Waals surface area (Å²) in [5.74, 6) is -1.28. The molecule has 0 aliphatic carbocycles. The van der Waals surface area contributed by atoms with E-state index < -0.39 is 35.8 Å². The highest BCUT2D eigenvalue weighted by Crippen LogP contribution is 2.36. The molecule has 3 amide bonds. The molecule has 0 bridgehead atoms. The number of methoxy groups -OCH3 is 2. The van der Waals surface area contributed by atoms with E-state index in [1.807, 2.05) is 6.92 Å². The van der Waals surface area contributed by atoms with Crippen LogP contribution in [0.15, 0.2) is 42.5 Å². The van der Waals surface area contributed by atoms with Gasteiger partial charge in [-0.3, -0.25) is 19.3 Å². The number of β-lactam (4-membered cyclic amide) rings is 1. The van der Waals surface area contributed by atoms with Crippen molar-refractivity contribution in [3.05, 3.63) is 59.2 Å². The lowest BCUT2D eigenvalue weighted by Gasteiger charge is -2.47. The van der Waals surface area contributed by atoms with Crippen LogP contribution in [0.4, 0.5) is 0 Å². The molecule has 0 saturated carbocycles. The van der Waals surface area contributed by atoms with Crippen LogP contribution in [0.1, 0.15) is 46.0 Å². The number of unbranched alkanes of at least 4 members (excludes halogenated alkanes) is 1. The molecule has 4 rings (SSSR count). The van der Waals surface area contributed by atoms with Crippen molar-refractivity contribution in [2.45, 2.75) is 38.4 Å². The van der Waals surface area contributed by atoms with Crippen molar-refractivity contribution >= 4 is 23.7 Å². The first kappa shape index (κ1) is 23.3. The fourth-order valence-electron chi connectivity index (χ4n) is 4.24. The minimum atomic E-state index is -1.26. The Balaban J connectivity index is 1.64. The van der Waals surface area contributed by atoms with Crippen molar-refractivity contribution in [1.29, 1.82) is 0 Å². The summed E-state index contributed by atoms with van der Waals surface area (Å²) in [6, 6.07) is 9.13. The third kappa shape index (κ3) is 3.87. The number of likely N-dealkylation sites (tertiary alicyclic amines) is 1. The van der Waals surface area contributed by atoms with E-state index in [4.69, 9.17) is 14.2 Å². The zero-order valence-electron chi connectivity index (χ0n) is 19.3. The lowest BCUT2D eigenvalue weighted by molar-refractivity contribution is -0.174. The minimum Gasteiger partial charge on any atom is -0.497 e. The van der Waals surface area contributed by atoms with Crippen LogP contribution in [-0.2, 0) is 20.9 Å². The Kier molecular flexibility index (Phi) is 6.54. The van der Waals surface area contributed by atoms with Gasteiger partial charge in [-0.1, -0.05) is 25.5 Å². The van der Waals surface area contributed by atoms with Gasteiger partial charge in [-0.15, -0.1) is 0 Å². The average Bonchev–Trinajstić information content (AvgIpc) is 3.10. The third-order valence-corrected chi connectivity index (χ3v) is 6.09. The summed E-state index contributed by atoms with van der Waals surface area (Å²) in [7, 11) is 3.02. The van der Waals surface area contributed by atoms with Crippen molar-refractivity contribution in [2.75, 3.05) is 20.8 Å². The molecule has 2 atom stereocenters. The van der Waals surface area contributed by atoms with Gasteiger partial charge in [0.15, 0.2) is 12.1 Å². The van der Waals surface area contributed by atoms with E-state index in [1.54, 1.807) is 30.3 Å². The molecule has 2 aromatic rings. The Hall–Kier alpha value is -3.88. The molecule has 0 aromatic heterocycles. The van der Waals surface area contributed by atoms with Crippen LogP contribution < -0.4 is 9.47 Å². The first-order valence-corrected chi connectivity index (χ1v) is 11.1. The normalized spacial score (nSPS) is 19.1. The molecule has 0 N–H and O–H groups in total. The number of ether oxygens (including phenoxy) is 3. The van der Waals surface area contributed by atoms with Crippen molar-refractivity contribution in [1.82, 2.24) is 9.80 Å². The Morgan fingerprint density at radius 2 is 1.65 bits per heavy atom. The smallest absolute Gasteiger partial charge is 0.331 e. The maximum atomic E-state index is 13.3. The maximum Gasteiger partial charge on any atom is 0.331 e. The summed E-state index contributed by atoms with van der Waals surface area (Å²) in [5.41, 5.74) is 1.08. The number of hydrogen-bond donors (Lipinski definition) is 0. The number of rotatable bonds is 9. The van der Waals surface area contributed by atoms with Crippen LogP contribution >= 0.6 is 0 Å². The topological polar surface area (TPSA) is 102 Å². The lowest BCUT2D eigenvalue weighted by atomic mass is 9.92. The molecule has 0 spiro atoms. The van der Waals surface area contributed by atoms with Gasteiger partial charge in [-0.25, -0.2) is 4.79 Å². The molecular formula is C25H26N2O7. The van der Waals surface area contributed by atoms with Gasteiger partial charge in [-0.05, 0) is 30.7 Å². The van der Waals surface area contributed by atoms with Gasteiger partial charge in [0.25, 0.3) is 11.8 Å². The first-order valence-electron chi connectivity index (χ1n) is 11.1. The van der Waals surface area contributed by atoms with E-state index in [1.165, 1.54) is 31.3 Å². The second-order valence-electron chi connectivity index (χ2n) is 8.08. The van der Waals surface area contributed by atoms with Crippen molar-refractivity contribution < 1.29 is 33.4 Å². The van der Waals surface area contributed by atoms with Crippen LogP contribution in [0.25, 0.3) is 0 Å². The van der Waals surface area contributed by atoms with Gasteiger partial charge in [0.2, 0.25) is 5.91 Å². The Labute approximate surface area is 197 Å². The SMILES string of the molecule is CCCCOC(=O)C1C(N2C(=O)c3ccccc3C2=O)C(=O)N1Cc1ccc(OC)cc1OC. The van der Waals surface area contributed by atoms with Crippen LogP contribution in [-0.4, -0.2) is 66.4 Å². The van der Waals surface area contributed by atoms with E-state index in [0.717, 1.165) is 11.3 Å². The summed E-state index contributed by atoms with van der Waals surface area (Å²) in [6.07, 6.45) is 1.49. The van der Waals surface area contributed by atoms with E-state index in [9.17, 15) is 19.2 Å². The molecule has 0 radical (unpaired) electrons. The zero-order chi connectivity index (χ0) is 24.4. The van der Waals surface area contributed by atoms with Crippen molar-refractivity contribution in [3.63, 3.8) is 0 Å². The lowest BCUT2D eigenvalue weighted by Crippen LogP contribution is -2.73. The Morgan fingerprint density at radius 1 is 0.971 bits per heavy atom. The van der Waals surface area contributed by atoms with E-state index in [0.29, 0.717) is 23.5 Å². The number of hydrogen-bond acceptors (Lipinski definition) is 7. The predicted octanol–water partition coefficient (Wildman–Crippen LogP) is 2.42. The highest BCUT2D eigenvalue weighted by molar-refractivity contribution is 6.24. The van der Waals surface area contributed by atoms with Crippen LogP contribution in [0, 0.1) is 0 Å². The molecule has 2 heterocycles. The highest BCUT2D eigenvalue weighted by atomic mass is 16.5. The molecule has 1 saturated heterocycles. The van der Waals surface area contributed by atoms with Crippen LogP contribution in [0.2, 0.25) is 0 Å². The number of imide groups is 1. The molecule has 2 aliphatic heterocycles. The molecule has 34 heavy (non-hydrogen) atoms. The molecule has 2 aliphatic rings. The van der Waals surface area contributed by atoms with E-state index >= 15 is 0 Å². The number of amides is 3. The number of benzene rings is 2. The van der Waals surface area contributed by atoms with Gasteiger partial charge in [0, 0.05) is 11.6 Å². The fraction of sp³-hybridized carbons (Fsp3) is 0.360. The summed E-state index contributed by atoms with van der Waals surface area (Å²) in [6.45, 7) is 2.19. The first-order chi connectivity index (χ1) is 16.4. The fourth-order valence-corrected chi connectivity index (χ4v) is 4.24. The summed E-state index contributed by atoms with van der Waals surface area (Å²) in [5, 5.41) is 0. The predicted molar refractivity (Wildman–Crippen MR) is 120 cm³/mol. The summed E-state index contributed by atoms with van der Waals surface area (Å²) < 4.78 is 16.0. The number of nitrogens with zero attached hydrogens (tertiary/aromatic N) is 2. The number of carbonyl (C=O) groups is 4. The number of esters is 1. The average molecular weight is 466 g/mol. The molecule has 9 nitrogen and oxygen atoms in total. The molecule has 2 unspecified atom stereocenters. The quantitative estimate of drug-likeness (QED) is 0.242. The van der Waals surface area contributed by atoms with E-state index in [-0.39, 0.29) is 24.3 Å². The highest BCUT2D eigenvalue weighted by Gasteiger charge is 2.59. The number of fused-ring (bicyclic) bond motifs is 1. The largest absolute Gasteiger partial charge is 0.497 e. The van der Waals surface area contributed by atoms with Gasteiger partial charge < -0.3 is 19.1 Å². The zero-order valence-corrected chi connectivity index (χ0v) is 19.3. The minimum absolute atomic E-state index is 0.0409. The second kappa shape index (κ2) is 9.54. The van der Waals surface area contributed by atoms with Crippen molar-refractivity contribution in [2.24, 2.45) is 0 Å². The van der Waals surface area contributed by atoms with Gasteiger partial charge in [0.05, 0.1) is 38.5 Å². The summed E-state index contributed by atoms with van der Waals surface area (Å²) in [4.78, 5) is 54.5. The van der Waals surface area contributed by atoms with Gasteiger partial charge in [0.1, 0.15) is 11.5 Å². The van der Waals surface area contributed by atoms with Crippen LogP contribution in [0.3, 0.4) is 0 Å².